The molecule has 2 heterocycles. The highest BCUT2D eigenvalue weighted by Gasteiger charge is 2.06. The molecule has 0 unspecified atom stereocenters. The molecule has 5 heteroatoms. The summed E-state index contributed by atoms with van der Waals surface area (Å²) in [5.41, 5.74) is 0.847. The van der Waals surface area contributed by atoms with E-state index in [1.807, 2.05) is 12.3 Å². The zero-order valence-corrected chi connectivity index (χ0v) is 8.21. The molecule has 0 spiro atoms. The lowest BCUT2D eigenvalue weighted by molar-refractivity contribution is -0.754. The van der Waals surface area contributed by atoms with Crippen molar-refractivity contribution >= 4 is 0 Å². The molecule has 15 heavy (non-hydrogen) atoms. The van der Waals surface area contributed by atoms with Gasteiger partial charge >= 0.3 is 0 Å². The molecule has 0 aromatic carbocycles. The average molecular weight is 206 g/mol. The summed E-state index contributed by atoms with van der Waals surface area (Å²) in [5.74, 6) is 0.566. The van der Waals surface area contributed by atoms with Crippen molar-refractivity contribution in [3.05, 3.63) is 30.9 Å². The summed E-state index contributed by atoms with van der Waals surface area (Å²) in [7, 11) is 0. The molecule has 0 saturated carbocycles. The van der Waals surface area contributed by atoms with E-state index in [0.29, 0.717) is 18.9 Å². The number of aromatic nitrogens is 3. The number of nitrogens with zero attached hydrogens (tertiary/aromatic N) is 3. The molecule has 0 saturated heterocycles. The third kappa shape index (κ3) is 2.38. The van der Waals surface area contributed by atoms with Crippen molar-refractivity contribution in [1.82, 2.24) is 10.1 Å². The number of oxazole rings is 1. The van der Waals surface area contributed by atoms with Crippen LogP contribution in [0.3, 0.4) is 0 Å². The quantitative estimate of drug-likeness (QED) is 0.736. The second kappa shape index (κ2) is 4.65. The van der Waals surface area contributed by atoms with Crippen molar-refractivity contribution in [2.24, 2.45) is 0 Å². The van der Waals surface area contributed by atoms with Crippen LogP contribution in [0.4, 0.5) is 0 Å². The molecule has 0 aliphatic heterocycles. The number of rotatable bonds is 4. The fraction of sp³-hybridized carbons (Fsp3) is 0.300. The standard InChI is InChI=1S/C10H12N3O2/c14-6-1-4-13-5-2-9(8-12-13)10-11-3-7-15-10/h2-3,5,7-8,14H,1,4,6H2/q+1. The summed E-state index contributed by atoms with van der Waals surface area (Å²) in [6.07, 6.45) is 7.37. The lowest BCUT2D eigenvalue weighted by Gasteiger charge is -1.94. The number of hydrogen-bond donors (Lipinski definition) is 1. The molecule has 0 atom stereocenters. The van der Waals surface area contributed by atoms with Gasteiger partial charge in [0.15, 0.2) is 12.7 Å². The predicted molar refractivity (Wildman–Crippen MR) is 51.6 cm³/mol. The van der Waals surface area contributed by atoms with Crippen molar-refractivity contribution in [3.8, 4) is 11.5 Å². The fourth-order valence-electron chi connectivity index (χ4n) is 1.24. The van der Waals surface area contributed by atoms with Crippen molar-refractivity contribution in [3.63, 3.8) is 0 Å². The van der Waals surface area contributed by atoms with E-state index in [9.17, 15) is 0 Å². The molecule has 2 rings (SSSR count). The number of aliphatic hydroxyl groups is 1. The third-order valence-electron chi connectivity index (χ3n) is 2.00. The van der Waals surface area contributed by atoms with Crippen LogP contribution in [-0.2, 0) is 6.54 Å². The van der Waals surface area contributed by atoms with Gasteiger partial charge < -0.3 is 9.52 Å². The maximum Gasteiger partial charge on any atom is 0.227 e. The van der Waals surface area contributed by atoms with Crippen LogP contribution >= 0.6 is 0 Å². The highest BCUT2D eigenvalue weighted by molar-refractivity contribution is 5.49. The lowest BCUT2D eigenvalue weighted by atomic mass is 10.3. The van der Waals surface area contributed by atoms with Crippen molar-refractivity contribution < 1.29 is 14.2 Å². The lowest BCUT2D eigenvalue weighted by Crippen LogP contribution is -2.37. The molecule has 2 aromatic heterocycles. The monoisotopic (exact) mass is 206 g/mol. The Balaban J connectivity index is 2.11. The molecule has 0 aliphatic rings. The molecule has 0 radical (unpaired) electrons. The molecule has 1 N–H and O–H groups in total. The zero-order chi connectivity index (χ0) is 10.5. The molecule has 0 aliphatic carbocycles. The fourth-order valence-corrected chi connectivity index (χ4v) is 1.24. The smallest absolute Gasteiger partial charge is 0.227 e. The Labute approximate surface area is 87.0 Å². The molecular weight excluding hydrogens is 194 g/mol. The van der Waals surface area contributed by atoms with Gasteiger partial charge in [-0.25, -0.2) is 4.98 Å². The van der Waals surface area contributed by atoms with Crippen molar-refractivity contribution in [2.75, 3.05) is 6.61 Å². The van der Waals surface area contributed by atoms with Crippen molar-refractivity contribution in [2.45, 2.75) is 13.0 Å². The summed E-state index contributed by atoms with van der Waals surface area (Å²) >= 11 is 0. The van der Waals surface area contributed by atoms with Gasteiger partial charge in [-0.3, -0.25) is 0 Å². The van der Waals surface area contributed by atoms with Gasteiger partial charge in [-0.15, -0.1) is 0 Å². The first kappa shape index (κ1) is 9.79. The first-order valence-corrected chi connectivity index (χ1v) is 4.76. The Morgan fingerprint density at radius 1 is 1.47 bits per heavy atom. The Hall–Kier alpha value is -1.75. The Kier molecular flexibility index (Phi) is 3.04. The molecule has 0 fully saturated rings. The average Bonchev–Trinajstić information content (AvgIpc) is 2.80. The number of aryl methyl sites for hydroxylation is 1. The van der Waals surface area contributed by atoms with Gasteiger partial charge in [-0.05, 0) is 5.10 Å². The maximum atomic E-state index is 8.67. The molecule has 78 valence electrons. The Morgan fingerprint density at radius 2 is 2.40 bits per heavy atom. The van der Waals surface area contributed by atoms with E-state index >= 15 is 0 Å². The van der Waals surface area contributed by atoms with Crippen LogP contribution < -0.4 is 4.68 Å². The van der Waals surface area contributed by atoms with E-state index in [0.717, 1.165) is 5.56 Å². The van der Waals surface area contributed by atoms with Gasteiger partial charge in [0.2, 0.25) is 5.89 Å². The maximum absolute atomic E-state index is 8.67. The van der Waals surface area contributed by atoms with Gasteiger partial charge in [0.25, 0.3) is 0 Å². The van der Waals surface area contributed by atoms with Crippen LogP contribution in [0.5, 0.6) is 0 Å². The van der Waals surface area contributed by atoms with E-state index in [2.05, 4.69) is 10.1 Å². The van der Waals surface area contributed by atoms with Crippen molar-refractivity contribution in [1.29, 1.82) is 0 Å². The van der Waals surface area contributed by atoms with Gasteiger partial charge in [0, 0.05) is 19.1 Å². The molecule has 5 nitrogen and oxygen atoms in total. The Morgan fingerprint density at radius 3 is 3.00 bits per heavy atom. The normalized spacial score (nSPS) is 10.5. The first-order chi connectivity index (χ1) is 7.40. The summed E-state index contributed by atoms with van der Waals surface area (Å²) in [4.78, 5) is 4.02. The van der Waals surface area contributed by atoms with Crippen LogP contribution in [0, 0.1) is 0 Å². The third-order valence-corrected chi connectivity index (χ3v) is 2.00. The highest BCUT2D eigenvalue weighted by atomic mass is 16.3. The summed E-state index contributed by atoms with van der Waals surface area (Å²) in [6, 6.07) is 1.89. The van der Waals surface area contributed by atoms with E-state index < -0.39 is 0 Å². The molecule has 2 aromatic rings. The van der Waals surface area contributed by atoms with Crippen LogP contribution in [0.1, 0.15) is 6.42 Å². The minimum atomic E-state index is 0.177. The second-order valence-corrected chi connectivity index (χ2v) is 3.09. The van der Waals surface area contributed by atoms with Crippen LogP contribution in [0.2, 0.25) is 0 Å². The van der Waals surface area contributed by atoms with E-state index in [4.69, 9.17) is 9.52 Å². The topological polar surface area (TPSA) is 63.0 Å². The molecule has 0 amide bonds. The number of hydrogen-bond acceptors (Lipinski definition) is 4. The first-order valence-electron chi connectivity index (χ1n) is 4.76. The summed E-state index contributed by atoms with van der Waals surface area (Å²) < 4.78 is 6.91. The van der Waals surface area contributed by atoms with Gasteiger partial charge in [-0.1, -0.05) is 4.68 Å². The SMILES string of the molecule is OCCC[n+]1ccc(-c2ncco2)cn1. The summed E-state index contributed by atoms with van der Waals surface area (Å²) in [5, 5.41) is 12.8. The Bertz CT molecular complexity index is 397. The van der Waals surface area contributed by atoms with Crippen LogP contribution in [-0.4, -0.2) is 21.8 Å². The highest BCUT2D eigenvalue weighted by Crippen LogP contribution is 2.12. The second-order valence-electron chi connectivity index (χ2n) is 3.09. The van der Waals surface area contributed by atoms with Gasteiger partial charge in [-0.2, -0.15) is 0 Å². The molecule has 0 bridgehead atoms. The minimum Gasteiger partial charge on any atom is -0.444 e. The van der Waals surface area contributed by atoms with Crippen LogP contribution in [0.25, 0.3) is 11.5 Å². The van der Waals surface area contributed by atoms with E-state index in [1.54, 1.807) is 17.1 Å². The largest absolute Gasteiger partial charge is 0.444 e. The minimum absolute atomic E-state index is 0.177. The van der Waals surface area contributed by atoms with Gasteiger partial charge in [0.1, 0.15) is 12.5 Å². The van der Waals surface area contributed by atoms with E-state index in [1.165, 1.54) is 6.26 Å². The van der Waals surface area contributed by atoms with Crippen LogP contribution in [0.15, 0.2) is 35.3 Å². The van der Waals surface area contributed by atoms with E-state index in [-0.39, 0.29) is 6.61 Å². The van der Waals surface area contributed by atoms with Gasteiger partial charge in [0.05, 0.1) is 11.8 Å². The summed E-state index contributed by atoms with van der Waals surface area (Å²) in [6.45, 7) is 0.887. The molecular formula is C10H12N3O2+. The zero-order valence-electron chi connectivity index (χ0n) is 8.21. The predicted octanol–water partition coefficient (Wildman–Crippen LogP) is 0.406. The number of aliphatic hydroxyl groups excluding tert-OH is 1.